The molecular weight excluding hydrogens is 380 g/mol. The average molecular weight is 404 g/mol. The topological polar surface area (TPSA) is 69.3 Å². The molecule has 1 aromatic heterocycles. The highest BCUT2D eigenvalue weighted by atomic mass is 32.1. The molecule has 1 unspecified atom stereocenters. The number of nitrogens with one attached hydrogen (secondary N) is 1. The second-order valence-electron chi connectivity index (χ2n) is 6.97. The van der Waals surface area contributed by atoms with E-state index in [1.807, 2.05) is 19.9 Å². The fraction of sp³-hybridized carbons (Fsp3) is 0.450. The molecule has 2 aliphatic heterocycles. The van der Waals surface area contributed by atoms with Gasteiger partial charge in [-0.2, -0.15) is 0 Å². The Morgan fingerprint density at radius 2 is 2.11 bits per heavy atom. The quantitative estimate of drug-likeness (QED) is 0.783. The summed E-state index contributed by atoms with van der Waals surface area (Å²) in [7, 11) is 5.10. The Hall–Kier alpha value is -2.45. The number of hydrogen-bond acceptors (Lipinski definition) is 8. The number of carbonyl (C=O) groups excluding carboxylic acids is 1. The lowest BCUT2D eigenvalue weighted by atomic mass is 9.95. The summed E-state index contributed by atoms with van der Waals surface area (Å²) in [6.45, 7) is 5.01. The fourth-order valence-corrected chi connectivity index (χ4v) is 4.89. The Morgan fingerprint density at radius 1 is 1.32 bits per heavy atom. The number of carbonyl (C=O) groups is 1. The highest BCUT2D eigenvalue weighted by molar-refractivity contribution is 7.16. The van der Waals surface area contributed by atoms with Gasteiger partial charge >= 0.3 is 5.97 Å². The van der Waals surface area contributed by atoms with Gasteiger partial charge in [-0.15, -0.1) is 11.3 Å². The van der Waals surface area contributed by atoms with Gasteiger partial charge in [0.15, 0.2) is 11.5 Å². The minimum absolute atomic E-state index is 0.172. The van der Waals surface area contributed by atoms with Crippen molar-refractivity contribution >= 4 is 22.3 Å². The highest BCUT2D eigenvalue weighted by Crippen LogP contribution is 2.50. The maximum absolute atomic E-state index is 12.4. The Labute approximate surface area is 168 Å². The molecule has 0 saturated heterocycles. The predicted molar refractivity (Wildman–Crippen MR) is 107 cm³/mol. The summed E-state index contributed by atoms with van der Waals surface area (Å²) in [6, 6.07) is 2.04. The molecule has 3 heterocycles. The summed E-state index contributed by atoms with van der Waals surface area (Å²) in [5, 5.41) is 4.36. The highest BCUT2D eigenvalue weighted by Gasteiger charge is 2.35. The molecule has 0 saturated carbocycles. The summed E-state index contributed by atoms with van der Waals surface area (Å²) in [4.78, 5) is 15.7. The van der Waals surface area contributed by atoms with E-state index in [4.69, 9.17) is 18.9 Å². The van der Waals surface area contributed by atoms with Gasteiger partial charge in [0.25, 0.3) is 0 Å². The third-order valence-corrected chi connectivity index (χ3v) is 6.58. The van der Waals surface area contributed by atoms with E-state index >= 15 is 0 Å². The first-order valence-corrected chi connectivity index (χ1v) is 9.92. The summed E-state index contributed by atoms with van der Waals surface area (Å²) < 4.78 is 22.0. The van der Waals surface area contributed by atoms with E-state index in [0.29, 0.717) is 17.1 Å². The smallest absolute Gasteiger partial charge is 0.341 e. The molecule has 150 valence electrons. The number of nitrogens with zero attached hydrogens (tertiary/aromatic N) is 1. The van der Waals surface area contributed by atoms with Crippen LogP contribution in [0.25, 0.3) is 0 Å². The molecule has 4 rings (SSSR count). The van der Waals surface area contributed by atoms with E-state index in [0.717, 1.165) is 45.3 Å². The van der Waals surface area contributed by atoms with Gasteiger partial charge in [0.1, 0.15) is 11.2 Å². The standard InChI is InChI=1S/C20H24N2O5S/c1-10-11(2)28-19(14(10)20(23)25-5)21-18-15-12(6-7-22(18)3)8-13-16(17(15)24-4)27-9-26-13/h8,18,21H,6-7,9H2,1-5H3. The van der Waals surface area contributed by atoms with Gasteiger partial charge < -0.3 is 24.3 Å². The minimum atomic E-state index is -0.333. The number of hydrogen-bond donors (Lipinski definition) is 1. The predicted octanol–water partition coefficient (Wildman–Crippen LogP) is 3.49. The molecule has 0 fully saturated rings. The van der Waals surface area contributed by atoms with Crippen LogP contribution in [0.15, 0.2) is 6.07 Å². The number of ether oxygens (including phenoxy) is 4. The molecule has 0 spiro atoms. The molecule has 7 nitrogen and oxygen atoms in total. The van der Waals surface area contributed by atoms with Crippen molar-refractivity contribution in [2.75, 3.05) is 39.9 Å². The lowest BCUT2D eigenvalue weighted by molar-refractivity contribution is 0.0601. The first-order chi connectivity index (χ1) is 13.5. The molecular formula is C20H24N2O5S. The van der Waals surface area contributed by atoms with Gasteiger partial charge in [0.05, 0.1) is 19.8 Å². The van der Waals surface area contributed by atoms with Crippen LogP contribution in [0.3, 0.4) is 0 Å². The summed E-state index contributed by atoms with van der Waals surface area (Å²) >= 11 is 1.56. The molecule has 0 radical (unpaired) electrons. The Bertz CT molecular complexity index is 939. The maximum atomic E-state index is 12.4. The van der Waals surface area contributed by atoms with Crippen molar-refractivity contribution < 1.29 is 23.7 Å². The molecule has 1 aromatic carbocycles. The van der Waals surface area contributed by atoms with E-state index in [-0.39, 0.29) is 18.9 Å². The van der Waals surface area contributed by atoms with Crippen molar-refractivity contribution in [1.82, 2.24) is 4.90 Å². The van der Waals surface area contributed by atoms with Gasteiger partial charge in [0, 0.05) is 17.0 Å². The van der Waals surface area contributed by atoms with E-state index < -0.39 is 0 Å². The second kappa shape index (κ2) is 7.18. The van der Waals surface area contributed by atoms with Crippen molar-refractivity contribution in [3.8, 4) is 17.2 Å². The van der Waals surface area contributed by atoms with Crippen molar-refractivity contribution in [2.24, 2.45) is 0 Å². The van der Waals surface area contributed by atoms with Crippen LogP contribution in [-0.2, 0) is 11.2 Å². The van der Waals surface area contributed by atoms with Crippen molar-refractivity contribution in [1.29, 1.82) is 0 Å². The van der Waals surface area contributed by atoms with Gasteiger partial charge in [-0.3, -0.25) is 4.90 Å². The number of methoxy groups -OCH3 is 2. The monoisotopic (exact) mass is 404 g/mol. The first-order valence-electron chi connectivity index (χ1n) is 9.10. The molecule has 1 atom stereocenters. The second-order valence-corrected chi connectivity index (χ2v) is 8.20. The maximum Gasteiger partial charge on any atom is 0.341 e. The van der Waals surface area contributed by atoms with Crippen molar-refractivity contribution in [3.63, 3.8) is 0 Å². The molecule has 0 aliphatic carbocycles. The van der Waals surface area contributed by atoms with E-state index in [9.17, 15) is 4.79 Å². The number of benzene rings is 1. The van der Waals surface area contributed by atoms with Crippen LogP contribution >= 0.6 is 11.3 Å². The molecule has 1 N–H and O–H groups in total. The largest absolute Gasteiger partial charge is 0.492 e. The molecule has 28 heavy (non-hydrogen) atoms. The third kappa shape index (κ3) is 2.87. The molecule has 2 aliphatic rings. The molecule has 0 bridgehead atoms. The van der Waals surface area contributed by atoms with Crippen LogP contribution in [0, 0.1) is 13.8 Å². The molecule has 8 heteroatoms. The number of thiophene rings is 1. The third-order valence-electron chi connectivity index (χ3n) is 5.44. The number of anilines is 1. The van der Waals surface area contributed by atoms with Gasteiger partial charge in [-0.05, 0) is 44.5 Å². The van der Waals surface area contributed by atoms with Crippen molar-refractivity contribution in [2.45, 2.75) is 26.4 Å². The van der Waals surface area contributed by atoms with Crippen LogP contribution in [0.1, 0.15) is 38.1 Å². The lowest BCUT2D eigenvalue weighted by Gasteiger charge is -2.36. The Kier molecular flexibility index (Phi) is 4.84. The number of rotatable bonds is 4. The SMILES string of the molecule is COC(=O)c1c(NC2c3c(cc4c(c3OC)OCO4)CCN2C)sc(C)c1C. The van der Waals surface area contributed by atoms with E-state index in [1.54, 1.807) is 18.4 Å². The molecule has 0 amide bonds. The zero-order chi connectivity index (χ0) is 20.0. The van der Waals surface area contributed by atoms with Gasteiger partial charge in [-0.1, -0.05) is 0 Å². The number of aryl methyl sites for hydroxylation is 1. The number of likely N-dealkylation sites (N-methyl/N-ethyl adjacent to an activating group) is 1. The van der Waals surface area contributed by atoms with E-state index in [1.165, 1.54) is 7.11 Å². The van der Waals surface area contributed by atoms with Crippen LogP contribution in [0.5, 0.6) is 17.2 Å². The fourth-order valence-electron chi connectivity index (χ4n) is 3.82. The zero-order valence-electron chi connectivity index (χ0n) is 16.7. The van der Waals surface area contributed by atoms with Gasteiger partial charge in [0.2, 0.25) is 12.5 Å². The minimum Gasteiger partial charge on any atom is -0.492 e. The lowest BCUT2D eigenvalue weighted by Crippen LogP contribution is -2.37. The summed E-state index contributed by atoms with van der Waals surface area (Å²) in [5.74, 6) is 1.70. The Balaban J connectivity index is 1.81. The average Bonchev–Trinajstić information content (AvgIpc) is 3.26. The van der Waals surface area contributed by atoms with Crippen LogP contribution in [0.4, 0.5) is 5.00 Å². The summed E-state index contributed by atoms with van der Waals surface area (Å²) in [6.07, 6.45) is 0.706. The Morgan fingerprint density at radius 3 is 2.82 bits per heavy atom. The molecule has 2 aromatic rings. The van der Waals surface area contributed by atoms with Crippen LogP contribution in [0.2, 0.25) is 0 Å². The normalized spacial score (nSPS) is 18.0. The van der Waals surface area contributed by atoms with E-state index in [2.05, 4.69) is 17.3 Å². The number of fused-ring (bicyclic) bond motifs is 2. The van der Waals surface area contributed by atoms with Crippen molar-refractivity contribution in [3.05, 3.63) is 33.2 Å². The first kappa shape index (κ1) is 18.9. The van der Waals surface area contributed by atoms with Crippen LogP contribution in [-0.4, -0.2) is 45.5 Å². The summed E-state index contributed by atoms with van der Waals surface area (Å²) in [5.41, 5.74) is 3.70. The van der Waals surface area contributed by atoms with Crippen LogP contribution < -0.4 is 19.5 Å². The van der Waals surface area contributed by atoms with Gasteiger partial charge in [-0.25, -0.2) is 4.79 Å². The zero-order valence-corrected chi connectivity index (χ0v) is 17.5. The number of esters is 1.